The Bertz CT molecular complexity index is 976. The van der Waals surface area contributed by atoms with Gasteiger partial charge in [-0.1, -0.05) is 37.3 Å². The van der Waals surface area contributed by atoms with E-state index in [1.807, 2.05) is 6.92 Å². The van der Waals surface area contributed by atoms with Gasteiger partial charge < -0.3 is 21.5 Å². The third kappa shape index (κ3) is 6.88. The summed E-state index contributed by atoms with van der Waals surface area (Å²) in [5, 5.41) is 14.1. The summed E-state index contributed by atoms with van der Waals surface area (Å²) in [7, 11) is -3.68. The standard InChI is InChI=1S/C20H25N3O5S/c1-2-9-22-20(26)23-16-7-4-8-17(11-16)29(27,28)13-14-5-3-6-15(10-14)18(21)12-19(24)25/h3-8,10-11,18H,2,9,12-13,21H2,1H3,(H,24,25)(H2,22,23,26)/t18-/m1/s1. The molecule has 0 aromatic heterocycles. The van der Waals surface area contributed by atoms with E-state index < -0.39 is 27.9 Å². The Hall–Kier alpha value is -2.91. The van der Waals surface area contributed by atoms with E-state index in [4.69, 9.17) is 10.8 Å². The molecule has 0 aliphatic rings. The number of carboxylic acids is 1. The van der Waals surface area contributed by atoms with Crippen LogP contribution in [0.4, 0.5) is 10.5 Å². The Morgan fingerprint density at radius 1 is 1.14 bits per heavy atom. The van der Waals surface area contributed by atoms with Crippen LogP contribution in [0.5, 0.6) is 0 Å². The van der Waals surface area contributed by atoms with Crippen LogP contribution in [0.3, 0.4) is 0 Å². The number of hydrogen-bond donors (Lipinski definition) is 4. The minimum absolute atomic E-state index is 0.0750. The predicted molar refractivity (Wildman–Crippen MR) is 110 cm³/mol. The van der Waals surface area contributed by atoms with Gasteiger partial charge in [-0.3, -0.25) is 4.79 Å². The second kappa shape index (κ2) is 10.0. The van der Waals surface area contributed by atoms with Gasteiger partial charge in [0, 0.05) is 18.3 Å². The van der Waals surface area contributed by atoms with Crippen LogP contribution in [-0.4, -0.2) is 32.1 Å². The number of amides is 2. The first-order chi connectivity index (χ1) is 13.7. The molecular formula is C20H25N3O5S. The fourth-order valence-corrected chi connectivity index (χ4v) is 4.08. The Morgan fingerprint density at radius 3 is 2.55 bits per heavy atom. The molecule has 0 bridgehead atoms. The number of carbonyl (C=O) groups excluding carboxylic acids is 1. The van der Waals surface area contributed by atoms with Gasteiger partial charge in [0.2, 0.25) is 0 Å². The van der Waals surface area contributed by atoms with Crippen molar-refractivity contribution in [2.75, 3.05) is 11.9 Å². The van der Waals surface area contributed by atoms with E-state index in [1.54, 1.807) is 36.4 Å². The molecule has 29 heavy (non-hydrogen) atoms. The quantitative estimate of drug-likeness (QED) is 0.493. The highest BCUT2D eigenvalue weighted by Crippen LogP contribution is 2.22. The van der Waals surface area contributed by atoms with Gasteiger partial charge in [-0.05, 0) is 35.7 Å². The first-order valence-electron chi connectivity index (χ1n) is 9.15. The minimum atomic E-state index is -3.68. The van der Waals surface area contributed by atoms with Crippen LogP contribution in [0.2, 0.25) is 0 Å². The van der Waals surface area contributed by atoms with Gasteiger partial charge in [-0.15, -0.1) is 0 Å². The highest BCUT2D eigenvalue weighted by atomic mass is 32.2. The van der Waals surface area contributed by atoms with Crippen molar-refractivity contribution in [1.82, 2.24) is 5.32 Å². The van der Waals surface area contributed by atoms with Crippen LogP contribution in [0.15, 0.2) is 53.4 Å². The summed E-state index contributed by atoms with van der Waals surface area (Å²) < 4.78 is 25.6. The van der Waals surface area contributed by atoms with E-state index in [0.29, 0.717) is 23.4 Å². The fourth-order valence-electron chi connectivity index (χ4n) is 2.70. The Morgan fingerprint density at radius 2 is 1.86 bits per heavy atom. The van der Waals surface area contributed by atoms with E-state index in [1.165, 1.54) is 12.1 Å². The summed E-state index contributed by atoms with van der Waals surface area (Å²) in [6.07, 6.45) is 0.543. The Balaban J connectivity index is 2.16. The van der Waals surface area contributed by atoms with Crippen molar-refractivity contribution in [1.29, 1.82) is 0 Å². The number of hydrogen-bond acceptors (Lipinski definition) is 5. The van der Waals surface area contributed by atoms with Crippen molar-refractivity contribution in [3.05, 3.63) is 59.7 Å². The largest absolute Gasteiger partial charge is 0.481 e. The molecule has 2 aromatic rings. The van der Waals surface area contributed by atoms with Crippen LogP contribution >= 0.6 is 0 Å². The smallest absolute Gasteiger partial charge is 0.319 e. The molecule has 0 unspecified atom stereocenters. The monoisotopic (exact) mass is 419 g/mol. The maximum Gasteiger partial charge on any atom is 0.319 e. The molecule has 5 N–H and O–H groups in total. The normalized spacial score (nSPS) is 12.2. The summed E-state index contributed by atoms with van der Waals surface area (Å²) in [4.78, 5) is 22.7. The molecule has 2 aromatic carbocycles. The molecule has 0 saturated carbocycles. The maximum atomic E-state index is 12.8. The Labute approximate surface area is 170 Å². The molecule has 156 valence electrons. The number of carbonyl (C=O) groups is 2. The zero-order valence-corrected chi connectivity index (χ0v) is 16.9. The number of urea groups is 1. The average molecular weight is 420 g/mol. The summed E-state index contributed by atoms with van der Waals surface area (Å²) >= 11 is 0. The average Bonchev–Trinajstić information content (AvgIpc) is 2.66. The summed E-state index contributed by atoms with van der Waals surface area (Å²) in [6, 6.07) is 11.5. The molecule has 2 rings (SSSR count). The zero-order valence-electron chi connectivity index (χ0n) is 16.1. The van der Waals surface area contributed by atoms with Gasteiger partial charge in [0.05, 0.1) is 17.1 Å². The van der Waals surface area contributed by atoms with Gasteiger partial charge in [0.25, 0.3) is 0 Å². The van der Waals surface area contributed by atoms with Gasteiger partial charge in [0.15, 0.2) is 9.84 Å². The summed E-state index contributed by atoms with van der Waals surface area (Å²) in [6.45, 7) is 2.45. The molecule has 1 atom stereocenters. The van der Waals surface area contributed by atoms with Crippen LogP contribution in [-0.2, 0) is 20.4 Å². The third-order valence-corrected chi connectivity index (χ3v) is 5.80. The van der Waals surface area contributed by atoms with E-state index >= 15 is 0 Å². The van der Waals surface area contributed by atoms with Crippen LogP contribution < -0.4 is 16.4 Å². The van der Waals surface area contributed by atoms with Gasteiger partial charge in [-0.25, -0.2) is 13.2 Å². The molecule has 2 amide bonds. The lowest BCUT2D eigenvalue weighted by molar-refractivity contribution is -0.137. The number of rotatable bonds is 9. The Kier molecular flexibility index (Phi) is 7.74. The summed E-state index contributed by atoms with van der Waals surface area (Å²) in [5.74, 6) is -1.30. The molecule has 0 aliphatic heterocycles. The highest BCUT2D eigenvalue weighted by molar-refractivity contribution is 7.90. The SMILES string of the molecule is CCCNC(=O)Nc1cccc(S(=O)(=O)Cc2cccc([C@H](N)CC(=O)O)c2)c1. The molecule has 0 spiro atoms. The van der Waals surface area contributed by atoms with Crippen molar-refractivity contribution in [3.63, 3.8) is 0 Å². The lowest BCUT2D eigenvalue weighted by atomic mass is 10.0. The van der Waals surface area contributed by atoms with E-state index in [-0.39, 0.29) is 17.1 Å². The second-order valence-electron chi connectivity index (χ2n) is 6.62. The number of nitrogens with one attached hydrogen (secondary N) is 2. The van der Waals surface area contributed by atoms with E-state index in [0.717, 1.165) is 6.42 Å². The molecule has 0 aliphatic carbocycles. The van der Waals surface area contributed by atoms with Crippen molar-refractivity contribution in [3.8, 4) is 0 Å². The van der Waals surface area contributed by atoms with Crippen LogP contribution in [0.1, 0.15) is 36.9 Å². The topological polar surface area (TPSA) is 139 Å². The van der Waals surface area contributed by atoms with Crippen LogP contribution in [0.25, 0.3) is 0 Å². The zero-order chi connectivity index (χ0) is 21.4. The van der Waals surface area contributed by atoms with Crippen molar-refractivity contribution in [2.45, 2.75) is 36.5 Å². The highest BCUT2D eigenvalue weighted by Gasteiger charge is 2.18. The molecule has 0 fully saturated rings. The molecule has 0 heterocycles. The van der Waals surface area contributed by atoms with Crippen molar-refractivity contribution in [2.24, 2.45) is 5.73 Å². The van der Waals surface area contributed by atoms with Crippen LogP contribution in [0, 0.1) is 0 Å². The van der Waals surface area contributed by atoms with Gasteiger partial charge in [-0.2, -0.15) is 0 Å². The molecule has 0 saturated heterocycles. The number of aliphatic carboxylic acids is 1. The fraction of sp³-hybridized carbons (Fsp3) is 0.300. The van der Waals surface area contributed by atoms with E-state index in [9.17, 15) is 18.0 Å². The third-order valence-electron chi connectivity index (χ3n) is 4.12. The van der Waals surface area contributed by atoms with E-state index in [2.05, 4.69) is 10.6 Å². The number of benzene rings is 2. The first kappa shape index (κ1) is 22.4. The van der Waals surface area contributed by atoms with Crippen molar-refractivity contribution < 1.29 is 23.1 Å². The number of sulfone groups is 1. The van der Waals surface area contributed by atoms with Gasteiger partial charge >= 0.3 is 12.0 Å². The lowest BCUT2D eigenvalue weighted by Crippen LogP contribution is -2.29. The molecule has 9 heteroatoms. The summed E-state index contributed by atoms with van der Waals surface area (Å²) in [5.41, 5.74) is 7.30. The minimum Gasteiger partial charge on any atom is -0.481 e. The first-order valence-corrected chi connectivity index (χ1v) is 10.8. The lowest BCUT2D eigenvalue weighted by Gasteiger charge is -2.12. The van der Waals surface area contributed by atoms with Gasteiger partial charge in [0.1, 0.15) is 0 Å². The predicted octanol–water partition coefficient (Wildman–Crippen LogP) is 2.67. The maximum absolute atomic E-state index is 12.8. The van der Waals surface area contributed by atoms with Crippen molar-refractivity contribution >= 4 is 27.5 Å². The number of nitrogens with two attached hydrogens (primary N) is 1. The molecule has 8 nitrogen and oxygen atoms in total. The number of anilines is 1. The second-order valence-corrected chi connectivity index (χ2v) is 8.61. The molecular weight excluding hydrogens is 394 g/mol. The molecule has 0 radical (unpaired) electrons. The number of carboxylic acid groups (broad SMARTS) is 1.